The SMILES string of the molecule is CN(C)c1nnn[n-]1. The maximum atomic E-state index is 3.57. The van der Waals surface area contributed by atoms with Crippen molar-refractivity contribution in [3.8, 4) is 0 Å². The Morgan fingerprint density at radius 1 is 1.50 bits per heavy atom. The number of aromatic nitrogens is 4. The minimum atomic E-state index is 0.546. The van der Waals surface area contributed by atoms with Gasteiger partial charge in [-0.25, -0.2) is 5.10 Å². The summed E-state index contributed by atoms with van der Waals surface area (Å²) in [5.41, 5.74) is 0. The van der Waals surface area contributed by atoms with Gasteiger partial charge >= 0.3 is 0 Å². The summed E-state index contributed by atoms with van der Waals surface area (Å²) in [4.78, 5) is 1.74. The normalized spacial score (nSPS) is 9.25. The van der Waals surface area contributed by atoms with E-state index in [0.29, 0.717) is 5.95 Å². The van der Waals surface area contributed by atoms with Crippen molar-refractivity contribution < 1.29 is 0 Å². The number of anilines is 1. The lowest BCUT2D eigenvalue weighted by Crippen LogP contribution is -2.10. The van der Waals surface area contributed by atoms with E-state index in [1.165, 1.54) is 0 Å². The van der Waals surface area contributed by atoms with E-state index in [4.69, 9.17) is 0 Å². The van der Waals surface area contributed by atoms with Gasteiger partial charge in [0.05, 0.1) is 5.95 Å². The molecule has 0 radical (unpaired) electrons. The summed E-state index contributed by atoms with van der Waals surface area (Å²) < 4.78 is 0. The van der Waals surface area contributed by atoms with Crippen LogP contribution in [0.4, 0.5) is 5.95 Å². The van der Waals surface area contributed by atoms with E-state index in [-0.39, 0.29) is 0 Å². The minimum Gasteiger partial charge on any atom is -0.409 e. The van der Waals surface area contributed by atoms with Gasteiger partial charge in [-0.3, -0.25) is 5.10 Å². The van der Waals surface area contributed by atoms with E-state index in [1.807, 2.05) is 14.1 Å². The number of hydrogen-bond donors (Lipinski definition) is 0. The second-order valence-corrected chi connectivity index (χ2v) is 1.57. The summed E-state index contributed by atoms with van der Waals surface area (Å²) >= 11 is 0. The number of tetrazole rings is 1. The van der Waals surface area contributed by atoms with Gasteiger partial charge in [-0.15, -0.1) is 5.21 Å². The molecule has 1 aromatic rings. The fraction of sp³-hybridized carbons (Fsp3) is 0.667. The zero-order valence-electron chi connectivity index (χ0n) is 4.74. The molecule has 0 aromatic carbocycles. The van der Waals surface area contributed by atoms with Crippen LogP contribution in [0.2, 0.25) is 0 Å². The van der Waals surface area contributed by atoms with Crippen LogP contribution in [0, 0.1) is 0 Å². The Morgan fingerprint density at radius 3 is 2.50 bits per heavy atom. The molecule has 0 fully saturated rings. The largest absolute Gasteiger partial charge is 0.409 e. The zero-order chi connectivity index (χ0) is 5.98. The average molecular weight is 112 g/mol. The summed E-state index contributed by atoms with van der Waals surface area (Å²) in [5.74, 6) is 0.546. The van der Waals surface area contributed by atoms with Crippen molar-refractivity contribution in [1.29, 1.82) is 0 Å². The molecule has 0 saturated heterocycles. The molecule has 0 N–H and O–H groups in total. The maximum Gasteiger partial charge on any atom is 0.0974 e. The van der Waals surface area contributed by atoms with Gasteiger partial charge in [0.25, 0.3) is 0 Å². The van der Waals surface area contributed by atoms with Crippen molar-refractivity contribution in [2.75, 3.05) is 19.0 Å². The predicted molar refractivity (Wildman–Crippen MR) is 27.5 cm³/mol. The lowest BCUT2D eigenvalue weighted by atomic mass is 10.9. The molecular weight excluding hydrogens is 106 g/mol. The molecule has 8 heavy (non-hydrogen) atoms. The van der Waals surface area contributed by atoms with Crippen LogP contribution in [0.3, 0.4) is 0 Å². The molecule has 0 unspecified atom stereocenters. The maximum absolute atomic E-state index is 3.57. The van der Waals surface area contributed by atoms with Gasteiger partial charge in [0, 0.05) is 0 Å². The molecular formula is C3H6N5-. The van der Waals surface area contributed by atoms with E-state index < -0.39 is 0 Å². The van der Waals surface area contributed by atoms with Crippen LogP contribution in [0.25, 0.3) is 0 Å². The fourth-order valence-corrected chi connectivity index (χ4v) is 0.319. The third-order valence-corrected chi connectivity index (χ3v) is 0.708. The third-order valence-electron chi connectivity index (χ3n) is 0.708. The molecule has 0 aliphatic heterocycles. The number of rotatable bonds is 1. The first kappa shape index (κ1) is 5.02. The molecule has 0 spiro atoms. The highest BCUT2D eigenvalue weighted by atomic mass is 15.5. The van der Waals surface area contributed by atoms with Gasteiger partial charge in [-0.2, -0.15) is 5.21 Å². The van der Waals surface area contributed by atoms with Crippen LogP contribution in [-0.2, 0) is 0 Å². The van der Waals surface area contributed by atoms with E-state index in [9.17, 15) is 0 Å². The van der Waals surface area contributed by atoms with Crippen LogP contribution < -0.4 is 10.00 Å². The molecule has 44 valence electrons. The van der Waals surface area contributed by atoms with Gasteiger partial charge in [0.1, 0.15) is 0 Å². The van der Waals surface area contributed by atoms with Crippen LogP contribution in [-0.4, -0.2) is 29.6 Å². The average Bonchev–Trinajstić information content (AvgIpc) is 2.12. The topological polar surface area (TPSA) is 56.0 Å². The Hall–Kier alpha value is -1.13. The van der Waals surface area contributed by atoms with Crippen LogP contribution in [0.1, 0.15) is 0 Å². The first-order valence-corrected chi connectivity index (χ1v) is 2.17. The molecule has 5 nitrogen and oxygen atoms in total. The summed E-state index contributed by atoms with van der Waals surface area (Å²) in [6.45, 7) is 0. The molecule has 1 aromatic heterocycles. The second kappa shape index (κ2) is 1.77. The molecule has 0 amide bonds. The first-order valence-electron chi connectivity index (χ1n) is 2.17. The first-order chi connectivity index (χ1) is 3.80. The molecule has 0 saturated carbocycles. The zero-order valence-corrected chi connectivity index (χ0v) is 4.74. The van der Waals surface area contributed by atoms with Crippen molar-refractivity contribution in [3.05, 3.63) is 0 Å². The monoisotopic (exact) mass is 112 g/mol. The van der Waals surface area contributed by atoms with E-state index in [0.717, 1.165) is 0 Å². The second-order valence-electron chi connectivity index (χ2n) is 1.57. The van der Waals surface area contributed by atoms with Crippen molar-refractivity contribution in [3.63, 3.8) is 0 Å². The molecule has 5 heteroatoms. The highest BCUT2D eigenvalue weighted by Crippen LogP contribution is 1.91. The molecule has 0 atom stereocenters. The Balaban J connectivity index is 2.77. The summed E-state index contributed by atoms with van der Waals surface area (Å²) in [6, 6.07) is 0. The van der Waals surface area contributed by atoms with Gasteiger partial charge in [0.15, 0.2) is 0 Å². The highest BCUT2D eigenvalue weighted by molar-refractivity contribution is 5.20. The Kier molecular flexibility index (Phi) is 1.11. The fourth-order valence-electron chi connectivity index (χ4n) is 0.319. The standard InChI is InChI=1S/C3H6N5/c1-8(2)3-4-6-7-5-3/h1-2H3/q-1. The summed E-state index contributed by atoms with van der Waals surface area (Å²) in [6.07, 6.45) is 0. The number of nitrogens with zero attached hydrogens (tertiary/aromatic N) is 5. The lowest BCUT2D eigenvalue weighted by Gasteiger charge is -2.10. The van der Waals surface area contributed by atoms with Crippen LogP contribution >= 0.6 is 0 Å². The smallest absolute Gasteiger partial charge is 0.0974 e. The molecule has 1 rings (SSSR count). The molecule has 0 bridgehead atoms. The Morgan fingerprint density at radius 2 is 2.25 bits per heavy atom. The number of hydrogen-bond acceptors (Lipinski definition) is 4. The predicted octanol–water partition coefficient (Wildman–Crippen LogP) is -1.11. The molecule has 0 aliphatic rings. The van der Waals surface area contributed by atoms with E-state index in [2.05, 4.69) is 20.6 Å². The van der Waals surface area contributed by atoms with Crippen molar-refractivity contribution in [1.82, 2.24) is 20.6 Å². The lowest BCUT2D eigenvalue weighted by molar-refractivity contribution is 0.871. The van der Waals surface area contributed by atoms with Crippen molar-refractivity contribution >= 4 is 5.95 Å². The Bertz CT molecular complexity index is 143. The highest BCUT2D eigenvalue weighted by Gasteiger charge is 1.84. The van der Waals surface area contributed by atoms with Gasteiger partial charge in [-0.05, 0) is 14.1 Å². The minimum absolute atomic E-state index is 0.546. The van der Waals surface area contributed by atoms with E-state index >= 15 is 0 Å². The van der Waals surface area contributed by atoms with Crippen molar-refractivity contribution in [2.24, 2.45) is 0 Å². The van der Waals surface area contributed by atoms with Gasteiger partial charge in [-0.1, -0.05) is 0 Å². The quantitative estimate of drug-likeness (QED) is 0.461. The summed E-state index contributed by atoms with van der Waals surface area (Å²) in [5, 5.41) is 13.7. The van der Waals surface area contributed by atoms with Crippen LogP contribution in [0.5, 0.6) is 0 Å². The third kappa shape index (κ3) is 0.749. The molecule has 1 heterocycles. The molecule has 0 aliphatic carbocycles. The Labute approximate surface area is 46.7 Å². The van der Waals surface area contributed by atoms with Gasteiger partial charge in [0.2, 0.25) is 0 Å². The van der Waals surface area contributed by atoms with Gasteiger partial charge < -0.3 is 4.90 Å². The van der Waals surface area contributed by atoms with E-state index in [1.54, 1.807) is 4.90 Å². The van der Waals surface area contributed by atoms with Crippen LogP contribution in [0.15, 0.2) is 0 Å². The van der Waals surface area contributed by atoms with Crippen molar-refractivity contribution in [2.45, 2.75) is 0 Å². The summed E-state index contributed by atoms with van der Waals surface area (Å²) in [7, 11) is 3.66.